The molecule has 2 aliphatic heterocycles. The van der Waals surface area contributed by atoms with E-state index in [1.807, 2.05) is 58.2 Å². The zero-order chi connectivity index (χ0) is 29.2. The van der Waals surface area contributed by atoms with Crippen molar-refractivity contribution in [2.75, 3.05) is 56.1 Å². The molecule has 0 aliphatic carbocycles. The van der Waals surface area contributed by atoms with Crippen molar-refractivity contribution in [3.8, 4) is 11.1 Å². The Morgan fingerprint density at radius 1 is 1.14 bits per heavy atom. The molecule has 0 spiro atoms. The first kappa shape index (κ1) is 27.4. The minimum absolute atomic E-state index is 0.0521. The number of hydrogen-bond acceptors (Lipinski definition) is 9. The number of morpholine rings is 1. The average molecular weight is 572 g/mol. The summed E-state index contributed by atoms with van der Waals surface area (Å²) < 4.78 is 28.7. The van der Waals surface area contributed by atoms with Crippen LogP contribution in [0.3, 0.4) is 0 Å². The maximum absolute atomic E-state index is 15.6. The van der Waals surface area contributed by atoms with E-state index in [2.05, 4.69) is 15.3 Å². The highest BCUT2D eigenvalue weighted by Crippen LogP contribution is 2.37. The lowest BCUT2D eigenvalue weighted by molar-refractivity contribution is -0.115. The van der Waals surface area contributed by atoms with Crippen molar-refractivity contribution < 1.29 is 23.5 Å². The van der Waals surface area contributed by atoms with Crippen LogP contribution in [0.5, 0.6) is 0 Å². The number of para-hydroxylation sites is 1. The predicted octanol–water partition coefficient (Wildman–Crippen LogP) is 3.56. The number of nitrogens with zero attached hydrogens (tertiary/aromatic N) is 5. The number of rotatable bonds is 7. The number of anilines is 3. The molecule has 4 heterocycles. The summed E-state index contributed by atoms with van der Waals surface area (Å²) in [5, 5.41) is 6.92. The maximum atomic E-state index is 15.6. The van der Waals surface area contributed by atoms with Crippen molar-refractivity contribution in [2.24, 2.45) is 0 Å². The smallest absolute Gasteiger partial charge is 0.260 e. The number of benzene rings is 2. The van der Waals surface area contributed by atoms with Crippen molar-refractivity contribution >= 4 is 40.4 Å². The van der Waals surface area contributed by atoms with E-state index in [9.17, 15) is 9.59 Å². The molecule has 6 rings (SSSR count). The SMILES string of the molecule is CN(c1ccccc1)N1CCOC/C1=C(/C=O)C(=O)Nc1ccc(-c2cn(C3CCOC3)c3ncnc(N)c23)c(F)c1. The van der Waals surface area contributed by atoms with Gasteiger partial charge in [-0.3, -0.25) is 19.6 Å². The summed E-state index contributed by atoms with van der Waals surface area (Å²) in [4.78, 5) is 34.0. The van der Waals surface area contributed by atoms with Gasteiger partial charge in [-0.2, -0.15) is 0 Å². The largest absolute Gasteiger partial charge is 0.383 e. The van der Waals surface area contributed by atoms with E-state index in [1.54, 1.807) is 12.1 Å². The first-order valence-corrected chi connectivity index (χ1v) is 13.6. The first-order chi connectivity index (χ1) is 20.5. The summed E-state index contributed by atoms with van der Waals surface area (Å²) in [6.07, 6.45) is 4.51. The van der Waals surface area contributed by atoms with Crippen LogP contribution in [0.25, 0.3) is 22.2 Å². The van der Waals surface area contributed by atoms with E-state index in [0.717, 1.165) is 12.1 Å². The molecule has 4 aromatic rings. The lowest BCUT2D eigenvalue weighted by Crippen LogP contribution is -2.47. The van der Waals surface area contributed by atoms with Crippen molar-refractivity contribution in [1.29, 1.82) is 0 Å². The molecule has 2 aliphatic rings. The third kappa shape index (κ3) is 5.06. The normalized spacial score (nSPS) is 18.2. The second-order valence-electron chi connectivity index (χ2n) is 10.1. The quantitative estimate of drug-likeness (QED) is 0.148. The molecule has 11 nitrogen and oxygen atoms in total. The molecule has 0 bridgehead atoms. The van der Waals surface area contributed by atoms with Gasteiger partial charge in [-0.15, -0.1) is 0 Å². The number of aldehydes is 1. The van der Waals surface area contributed by atoms with Crippen LogP contribution in [0.1, 0.15) is 12.5 Å². The number of hydrogen-bond donors (Lipinski definition) is 2. The third-order valence-electron chi connectivity index (χ3n) is 7.62. The molecule has 42 heavy (non-hydrogen) atoms. The summed E-state index contributed by atoms with van der Waals surface area (Å²) in [7, 11) is 1.85. The molecule has 3 N–H and O–H groups in total. The van der Waals surface area contributed by atoms with Gasteiger partial charge in [-0.1, -0.05) is 18.2 Å². The van der Waals surface area contributed by atoms with Crippen molar-refractivity contribution in [3.05, 3.63) is 78.1 Å². The van der Waals surface area contributed by atoms with E-state index >= 15 is 4.39 Å². The molecule has 216 valence electrons. The van der Waals surface area contributed by atoms with E-state index < -0.39 is 11.7 Å². The van der Waals surface area contributed by atoms with E-state index in [0.29, 0.717) is 54.9 Å². The number of halogens is 1. The molecule has 0 radical (unpaired) electrons. The molecular formula is C30H30FN7O4. The van der Waals surface area contributed by atoms with Crippen LogP contribution in [0.2, 0.25) is 0 Å². The highest BCUT2D eigenvalue weighted by atomic mass is 19.1. The van der Waals surface area contributed by atoms with Crippen molar-refractivity contribution in [2.45, 2.75) is 12.5 Å². The van der Waals surface area contributed by atoms with Gasteiger partial charge in [-0.25, -0.2) is 14.4 Å². The van der Waals surface area contributed by atoms with E-state index in [-0.39, 0.29) is 35.3 Å². The topological polar surface area (TPSA) is 128 Å². The Kier molecular flexibility index (Phi) is 7.55. The van der Waals surface area contributed by atoms with E-state index in [4.69, 9.17) is 15.2 Å². The fourth-order valence-electron chi connectivity index (χ4n) is 5.46. The number of ether oxygens (including phenoxy) is 2. The molecule has 0 saturated carbocycles. The van der Waals surface area contributed by atoms with Gasteiger partial charge in [0.1, 0.15) is 29.2 Å². The minimum atomic E-state index is -0.667. The van der Waals surface area contributed by atoms with Crippen LogP contribution in [0.15, 0.2) is 72.3 Å². The van der Waals surface area contributed by atoms with Gasteiger partial charge in [0.15, 0.2) is 6.29 Å². The van der Waals surface area contributed by atoms with Gasteiger partial charge in [0.25, 0.3) is 5.91 Å². The Hall–Kier alpha value is -4.81. The molecular weight excluding hydrogens is 541 g/mol. The average Bonchev–Trinajstić information content (AvgIpc) is 3.67. The Balaban J connectivity index is 1.29. The number of amides is 1. The molecule has 2 fully saturated rings. The Bertz CT molecular complexity index is 1670. The Morgan fingerprint density at radius 3 is 2.71 bits per heavy atom. The zero-order valence-electron chi connectivity index (χ0n) is 23.0. The highest BCUT2D eigenvalue weighted by molar-refractivity contribution is 6.17. The lowest BCUT2D eigenvalue weighted by Gasteiger charge is -2.40. The number of carbonyl (C=O) groups excluding carboxylic acids is 2. The first-order valence-electron chi connectivity index (χ1n) is 13.6. The maximum Gasteiger partial charge on any atom is 0.260 e. The Labute approximate surface area is 241 Å². The Morgan fingerprint density at radius 2 is 1.98 bits per heavy atom. The molecule has 12 heteroatoms. The molecule has 2 aromatic heterocycles. The molecule has 1 atom stereocenters. The van der Waals surface area contributed by atoms with Crippen LogP contribution in [-0.2, 0) is 19.1 Å². The summed E-state index contributed by atoms with van der Waals surface area (Å²) >= 11 is 0. The zero-order valence-corrected chi connectivity index (χ0v) is 23.0. The third-order valence-corrected chi connectivity index (χ3v) is 7.62. The highest BCUT2D eigenvalue weighted by Gasteiger charge is 2.28. The van der Waals surface area contributed by atoms with E-state index in [1.165, 1.54) is 12.4 Å². The molecule has 2 saturated heterocycles. The van der Waals surface area contributed by atoms with Crippen LogP contribution >= 0.6 is 0 Å². The number of carbonyl (C=O) groups is 2. The molecule has 1 unspecified atom stereocenters. The second-order valence-corrected chi connectivity index (χ2v) is 10.1. The van der Waals surface area contributed by atoms with Gasteiger partial charge >= 0.3 is 0 Å². The lowest BCUT2D eigenvalue weighted by atomic mass is 10.0. The standard InChI is InChI=1S/C30H30FN7O4/c1-36(20-5-3-2-4-6-20)38-10-12-42-17-26(38)24(15-39)30(40)35-19-7-8-22(25(31)13-19)23-14-37(21-9-11-41-16-21)29-27(23)28(32)33-18-34-29/h2-8,13-15,18,21H,9-12,16-17H2,1H3,(H,35,40)(H2,32,33,34)/b26-24+. The summed E-state index contributed by atoms with van der Waals surface area (Å²) in [6.45, 7) is 2.11. The number of nitrogens with two attached hydrogens (primary N) is 1. The number of aromatic nitrogens is 3. The fourth-order valence-corrected chi connectivity index (χ4v) is 5.46. The summed E-state index contributed by atoms with van der Waals surface area (Å²) in [5.74, 6) is -1.00. The second kappa shape index (κ2) is 11.6. The summed E-state index contributed by atoms with van der Waals surface area (Å²) in [5.41, 5.74) is 9.02. The van der Waals surface area contributed by atoms with Gasteiger partial charge in [0.05, 0.1) is 49.2 Å². The summed E-state index contributed by atoms with van der Waals surface area (Å²) in [6, 6.07) is 14.0. The van der Waals surface area contributed by atoms with Gasteiger partial charge < -0.3 is 25.1 Å². The monoisotopic (exact) mass is 571 g/mol. The minimum Gasteiger partial charge on any atom is -0.383 e. The van der Waals surface area contributed by atoms with Crippen LogP contribution in [-0.4, -0.2) is 71.8 Å². The van der Waals surface area contributed by atoms with Crippen LogP contribution in [0.4, 0.5) is 21.6 Å². The van der Waals surface area contributed by atoms with Gasteiger partial charge in [-0.05, 0) is 36.8 Å². The number of fused-ring (bicyclic) bond motifs is 1. The number of hydrazine groups is 1. The number of nitrogen functional groups attached to an aromatic ring is 1. The van der Waals surface area contributed by atoms with Crippen LogP contribution < -0.4 is 16.1 Å². The molecule has 1 amide bonds. The van der Waals surface area contributed by atoms with Crippen molar-refractivity contribution in [3.63, 3.8) is 0 Å². The number of nitrogens with one attached hydrogen (secondary N) is 1. The van der Waals surface area contributed by atoms with Gasteiger partial charge in [0.2, 0.25) is 0 Å². The van der Waals surface area contributed by atoms with Crippen molar-refractivity contribution in [1.82, 2.24) is 19.5 Å². The predicted molar refractivity (Wildman–Crippen MR) is 156 cm³/mol. The fraction of sp³-hybridized carbons (Fsp3) is 0.267. The molecule has 2 aromatic carbocycles. The van der Waals surface area contributed by atoms with Gasteiger partial charge in [0, 0.05) is 36.7 Å². The van der Waals surface area contributed by atoms with Crippen LogP contribution in [0, 0.1) is 5.82 Å².